The van der Waals surface area contributed by atoms with Crippen LogP contribution in [0.2, 0.25) is 0 Å². The largest absolute Gasteiger partial charge is 0.346 e. The maximum absolute atomic E-state index is 4.71. The molecule has 0 radical (unpaired) electrons. The van der Waals surface area contributed by atoms with E-state index in [1.165, 1.54) is 5.56 Å². The topological polar surface area (TPSA) is 70.3 Å². The predicted octanol–water partition coefficient (Wildman–Crippen LogP) is 3.03. The maximum Gasteiger partial charge on any atom is 0.137 e. The van der Waals surface area contributed by atoms with Gasteiger partial charge in [0.2, 0.25) is 0 Å². The summed E-state index contributed by atoms with van der Waals surface area (Å²) >= 11 is 0. The SMILES string of the molecule is CN1CCN(Cc2cnc3[nH]cc(-c4ccn5ncc(-c6cnn(C)c6)c5c4)c3c2)CC1. The molecule has 8 nitrogen and oxygen atoms in total. The second-order valence-corrected chi connectivity index (χ2v) is 8.73. The number of likely N-dealkylation sites (N-methyl/N-ethyl adjacent to an activating group) is 1. The fourth-order valence-electron chi connectivity index (χ4n) is 4.57. The Kier molecular flexibility index (Phi) is 4.55. The van der Waals surface area contributed by atoms with Gasteiger partial charge in [0.15, 0.2) is 0 Å². The second-order valence-electron chi connectivity index (χ2n) is 8.73. The lowest BCUT2D eigenvalue weighted by Gasteiger charge is -2.32. The summed E-state index contributed by atoms with van der Waals surface area (Å²) in [6.45, 7) is 5.38. The first-order valence-corrected chi connectivity index (χ1v) is 11.0. The number of rotatable bonds is 4. The Morgan fingerprint density at radius 2 is 1.81 bits per heavy atom. The van der Waals surface area contributed by atoms with Crippen LogP contribution < -0.4 is 0 Å². The van der Waals surface area contributed by atoms with Crippen molar-refractivity contribution in [2.45, 2.75) is 6.54 Å². The van der Waals surface area contributed by atoms with Gasteiger partial charge in [-0.05, 0) is 36.4 Å². The highest BCUT2D eigenvalue weighted by Crippen LogP contribution is 2.32. The summed E-state index contributed by atoms with van der Waals surface area (Å²) in [4.78, 5) is 12.9. The van der Waals surface area contributed by atoms with Crippen molar-refractivity contribution in [1.29, 1.82) is 0 Å². The van der Waals surface area contributed by atoms with Gasteiger partial charge in [-0.25, -0.2) is 9.50 Å². The molecule has 32 heavy (non-hydrogen) atoms. The van der Waals surface area contributed by atoms with Crippen LogP contribution >= 0.6 is 0 Å². The second kappa shape index (κ2) is 7.58. The van der Waals surface area contributed by atoms with Gasteiger partial charge in [-0.15, -0.1) is 0 Å². The zero-order valence-electron chi connectivity index (χ0n) is 18.4. The first-order valence-electron chi connectivity index (χ1n) is 11.0. The summed E-state index contributed by atoms with van der Waals surface area (Å²) in [5.74, 6) is 0. The van der Waals surface area contributed by atoms with Crippen molar-refractivity contribution < 1.29 is 0 Å². The molecule has 5 aromatic rings. The Bertz CT molecular complexity index is 1400. The number of nitrogens with zero attached hydrogens (tertiary/aromatic N) is 7. The van der Waals surface area contributed by atoms with Gasteiger partial charge in [0.25, 0.3) is 0 Å². The third-order valence-electron chi connectivity index (χ3n) is 6.44. The number of piperazine rings is 1. The van der Waals surface area contributed by atoms with Crippen LogP contribution in [0.15, 0.2) is 55.4 Å². The summed E-state index contributed by atoms with van der Waals surface area (Å²) in [7, 11) is 4.12. The highest BCUT2D eigenvalue weighted by Gasteiger charge is 2.16. The molecule has 1 fully saturated rings. The zero-order valence-corrected chi connectivity index (χ0v) is 18.4. The van der Waals surface area contributed by atoms with Crippen LogP contribution in [0.3, 0.4) is 0 Å². The van der Waals surface area contributed by atoms with Gasteiger partial charge in [0.05, 0.1) is 17.9 Å². The quantitative estimate of drug-likeness (QED) is 0.478. The summed E-state index contributed by atoms with van der Waals surface area (Å²) < 4.78 is 3.73. The summed E-state index contributed by atoms with van der Waals surface area (Å²) in [5.41, 5.74) is 7.68. The van der Waals surface area contributed by atoms with E-state index in [0.717, 1.165) is 71.5 Å². The molecule has 0 aromatic carbocycles. The Labute approximate surface area is 186 Å². The fourth-order valence-corrected chi connectivity index (χ4v) is 4.57. The van der Waals surface area contributed by atoms with E-state index in [9.17, 15) is 0 Å². The van der Waals surface area contributed by atoms with Crippen molar-refractivity contribution in [1.82, 2.24) is 39.2 Å². The van der Waals surface area contributed by atoms with Crippen molar-refractivity contribution in [3.8, 4) is 22.3 Å². The summed E-state index contributed by atoms with van der Waals surface area (Å²) in [5, 5.41) is 9.99. The Balaban J connectivity index is 1.37. The molecule has 0 spiro atoms. The first-order chi connectivity index (χ1) is 15.6. The predicted molar refractivity (Wildman–Crippen MR) is 125 cm³/mol. The van der Waals surface area contributed by atoms with Gasteiger partial charge >= 0.3 is 0 Å². The van der Waals surface area contributed by atoms with E-state index in [4.69, 9.17) is 4.98 Å². The molecular weight excluding hydrogens is 400 g/mol. The van der Waals surface area contributed by atoms with Crippen LogP contribution in [-0.2, 0) is 13.6 Å². The van der Waals surface area contributed by atoms with Crippen LogP contribution in [0.25, 0.3) is 38.8 Å². The van der Waals surface area contributed by atoms with Crippen molar-refractivity contribution in [3.05, 3.63) is 60.9 Å². The minimum Gasteiger partial charge on any atom is -0.346 e. The summed E-state index contributed by atoms with van der Waals surface area (Å²) in [6, 6.07) is 6.60. The Hall–Kier alpha value is -3.49. The van der Waals surface area contributed by atoms with Crippen LogP contribution in [0.4, 0.5) is 0 Å². The lowest BCUT2D eigenvalue weighted by molar-refractivity contribution is 0.148. The van der Waals surface area contributed by atoms with Gasteiger partial charge in [-0.2, -0.15) is 10.2 Å². The molecular formula is C24H26N8. The Morgan fingerprint density at radius 3 is 2.62 bits per heavy atom. The highest BCUT2D eigenvalue weighted by molar-refractivity contribution is 5.95. The molecule has 5 aromatic heterocycles. The monoisotopic (exact) mass is 426 g/mol. The molecule has 1 N–H and O–H groups in total. The van der Waals surface area contributed by atoms with Gasteiger partial charge in [0.1, 0.15) is 5.65 Å². The molecule has 1 aliphatic heterocycles. The molecule has 8 heteroatoms. The van der Waals surface area contributed by atoms with E-state index < -0.39 is 0 Å². The molecule has 0 amide bonds. The lowest BCUT2D eigenvalue weighted by Crippen LogP contribution is -2.43. The third kappa shape index (κ3) is 3.37. The molecule has 0 saturated carbocycles. The van der Waals surface area contributed by atoms with E-state index in [2.05, 4.69) is 56.4 Å². The molecule has 0 aliphatic carbocycles. The zero-order chi connectivity index (χ0) is 21.7. The van der Waals surface area contributed by atoms with Crippen molar-refractivity contribution in [2.24, 2.45) is 7.05 Å². The fraction of sp³-hybridized carbons (Fsp3) is 0.292. The number of hydrogen-bond acceptors (Lipinski definition) is 5. The normalized spacial score (nSPS) is 15.8. The molecule has 0 unspecified atom stereocenters. The molecule has 1 aliphatic rings. The van der Waals surface area contributed by atoms with Crippen LogP contribution in [0.5, 0.6) is 0 Å². The number of H-pyrrole nitrogens is 1. The molecule has 6 heterocycles. The van der Waals surface area contributed by atoms with E-state index in [-0.39, 0.29) is 0 Å². The minimum atomic E-state index is 0.919. The summed E-state index contributed by atoms with van der Waals surface area (Å²) in [6.07, 6.45) is 11.9. The number of pyridine rings is 2. The smallest absolute Gasteiger partial charge is 0.137 e. The van der Waals surface area contributed by atoms with Crippen molar-refractivity contribution in [2.75, 3.05) is 33.2 Å². The number of fused-ring (bicyclic) bond motifs is 2. The molecule has 0 atom stereocenters. The molecule has 6 rings (SSSR count). The molecule has 1 saturated heterocycles. The number of aromatic amines is 1. The number of aromatic nitrogens is 6. The van der Waals surface area contributed by atoms with Crippen molar-refractivity contribution >= 4 is 16.6 Å². The molecule has 0 bridgehead atoms. The number of hydrogen-bond donors (Lipinski definition) is 1. The van der Waals surface area contributed by atoms with E-state index in [0.29, 0.717) is 0 Å². The number of nitrogens with one attached hydrogen (secondary N) is 1. The van der Waals surface area contributed by atoms with E-state index in [1.807, 2.05) is 47.2 Å². The average Bonchev–Trinajstić information content (AvgIpc) is 3.52. The van der Waals surface area contributed by atoms with E-state index >= 15 is 0 Å². The van der Waals surface area contributed by atoms with Crippen LogP contribution in [0, 0.1) is 0 Å². The third-order valence-corrected chi connectivity index (χ3v) is 6.44. The van der Waals surface area contributed by atoms with Gasteiger partial charge < -0.3 is 9.88 Å². The highest BCUT2D eigenvalue weighted by atomic mass is 15.3. The van der Waals surface area contributed by atoms with Gasteiger partial charge in [-0.3, -0.25) is 9.58 Å². The van der Waals surface area contributed by atoms with Crippen LogP contribution in [0.1, 0.15) is 5.56 Å². The molecule has 162 valence electrons. The van der Waals surface area contributed by atoms with E-state index in [1.54, 1.807) is 0 Å². The first kappa shape index (κ1) is 19.2. The van der Waals surface area contributed by atoms with Crippen LogP contribution in [-0.4, -0.2) is 72.4 Å². The maximum atomic E-state index is 4.71. The standard InChI is InChI=1S/C24H26N8/c1-29-5-7-31(8-6-29)15-17-9-20-21(13-26-24(20)25-11-17)18-3-4-32-23(10-18)22(14-28-32)19-12-27-30(2)16-19/h3-4,9-14,16H,5-8,15H2,1-2H3,(H,25,26). The van der Waals surface area contributed by atoms with Gasteiger partial charge in [0, 0.05) is 86.6 Å². The number of aryl methyl sites for hydroxylation is 1. The lowest BCUT2D eigenvalue weighted by atomic mass is 10.0. The van der Waals surface area contributed by atoms with Crippen molar-refractivity contribution in [3.63, 3.8) is 0 Å². The average molecular weight is 427 g/mol. The minimum absolute atomic E-state index is 0.919. The Morgan fingerprint density at radius 1 is 0.938 bits per heavy atom. The van der Waals surface area contributed by atoms with Gasteiger partial charge in [-0.1, -0.05) is 0 Å².